The van der Waals surface area contributed by atoms with Crippen molar-refractivity contribution in [2.75, 3.05) is 26.2 Å². The van der Waals surface area contributed by atoms with Gasteiger partial charge in [-0.15, -0.1) is 0 Å². The predicted molar refractivity (Wildman–Crippen MR) is 67.7 cm³/mol. The molecule has 100 valence electrons. The van der Waals surface area contributed by atoms with Gasteiger partial charge in [0.05, 0.1) is 19.3 Å². The van der Waals surface area contributed by atoms with Crippen LogP contribution >= 0.6 is 0 Å². The molecule has 1 aliphatic rings. The lowest BCUT2D eigenvalue weighted by Crippen LogP contribution is -2.54. The average molecular weight is 243 g/mol. The molecule has 2 unspecified atom stereocenters. The monoisotopic (exact) mass is 243 g/mol. The number of amides is 1. The second-order valence-electron chi connectivity index (χ2n) is 5.77. The summed E-state index contributed by atoms with van der Waals surface area (Å²) in [6, 6.07) is 0.267. The van der Waals surface area contributed by atoms with Gasteiger partial charge in [0.2, 0.25) is 5.91 Å². The molecule has 0 aromatic heterocycles. The Morgan fingerprint density at radius 3 is 2.71 bits per heavy atom. The Kier molecular flexibility index (Phi) is 4.91. The zero-order valence-electron chi connectivity index (χ0n) is 11.3. The van der Waals surface area contributed by atoms with Crippen LogP contribution in [-0.4, -0.2) is 54.7 Å². The molecule has 0 aromatic rings. The van der Waals surface area contributed by atoms with Crippen LogP contribution in [0.3, 0.4) is 0 Å². The topological polar surface area (TPSA) is 67.6 Å². The molecule has 0 radical (unpaired) electrons. The summed E-state index contributed by atoms with van der Waals surface area (Å²) in [4.78, 5) is 14.0. The lowest BCUT2D eigenvalue weighted by Gasteiger charge is -2.37. The molecule has 1 aliphatic heterocycles. The van der Waals surface area contributed by atoms with Gasteiger partial charge >= 0.3 is 0 Å². The molecule has 1 amide bonds. The van der Waals surface area contributed by atoms with Crippen molar-refractivity contribution < 1.29 is 9.53 Å². The number of ether oxygens (including phenoxy) is 1. The molecule has 0 aromatic carbocycles. The van der Waals surface area contributed by atoms with E-state index in [1.54, 1.807) is 0 Å². The second-order valence-corrected chi connectivity index (χ2v) is 5.77. The maximum atomic E-state index is 11.8. The lowest BCUT2D eigenvalue weighted by atomic mass is 10.1. The van der Waals surface area contributed by atoms with Crippen LogP contribution in [-0.2, 0) is 9.53 Å². The molecule has 2 atom stereocenters. The van der Waals surface area contributed by atoms with Crippen molar-refractivity contribution >= 4 is 5.91 Å². The molecule has 1 heterocycles. The molecule has 0 bridgehead atoms. The second kappa shape index (κ2) is 5.80. The molecule has 0 aliphatic carbocycles. The molecule has 1 rings (SSSR count). The third-order valence-electron chi connectivity index (χ3n) is 2.76. The molecular weight excluding hydrogens is 218 g/mol. The first-order valence-electron chi connectivity index (χ1n) is 6.18. The number of carbonyl (C=O) groups excluding carboxylic acids is 1. The number of hydrogen-bond donors (Lipinski definition) is 2. The summed E-state index contributed by atoms with van der Waals surface area (Å²) in [5, 5.41) is 2.97. The van der Waals surface area contributed by atoms with E-state index in [0.717, 1.165) is 6.54 Å². The van der Waals surface area contributed by atoms with Gasteiger partial charge in [-0.05, 0) is 27.7 Å². The summed E-state index contributed by atoms with van der Waals surface area (Å²) < 4.78 is 5.55. The summed E-state index contributed by atoms with van der Waals surface area (Å²) >= 11 is 0. The highest BCUT2D eigenvalue weighted by molar-refractivity contribution is 5.78. The van der Waals surface area contributed by atoms with Gasteiger partial charge in [0.1, 0.15) is 0 Å². The van der Waals surface area contributed by atoms with Gasteiger partial charge in [0, 0.05) is 24.7 Å². The fraction of sp³-hybridized carbons (Fsp3) is 0.917. The number of rotatable bonds is 3. The van der Waals surface area contributed by atoms with E-state index in [1.807, 2.05) is 20.8 Å². The van der Waals surface area contributed by atoms with Gasteiger partial charge in [0.25, 0.3) is 0 Å². The van der Waals surface area contributed by atoms with Crippen LogP contribution in [0.2, 0.25) is 0 Å². The Hall–Kier alpha value is -0.650. The van der Waals surface area contributed by atoms with Gasteiger partial charge in [-0.2, -0.15) is 0 Å². The molecule has 1 saturated heterocycles. The van der Waals surface area contributed by atoms with Crippen LogP contribution < -0.4 is 11.1 Å². The van der Waals surface area contributed by atoms with Crippen molar-refractivity contribution in [1.29, 1.82) is 0 Å². The summed E-state index contributed by atoms with van der Waals surface area (Å²) in [7, 11) is 0. The number of carbonyl (C=O) groups is 1. The summed E-state index contributed by atoms with van der Waals surface area (Å²) in [6.45, 7) is 10.3. The zero-order valence-corrected chi connectivity index (χ0v) is 11.3. The van der Waals surface area contributed by atoms with Gasteiger partial charge in [-0.3, -0.25) is 9.69 Å². The quantitative estimate of drug-likeness (QED) is 0.729. The van der Waals surface area contributed by atoms with Gasteiger partial charge in [-0.1, -0.05) is 0 Å². The number of nitrogens with two attached hydrogens (primary N) is 1. The minimum absolute atomic E-state index is 0.0497. The van der Waals surface area contributed by atoms with Crippen molar-refractivity contribution in [2.45, 2.75) is 45.4 Å². The minimum Gasteiger partial charge on any atom is -0.374 e. The van der Waals surface area contributed by atoms with Crippen molar-refractivity contribution in [3.05, 3.63) is 0 Å². The Morgan fingerprint density at radius 1 is 1.53 bits per heavy atom. The average Bonchev–Trinajstić information content (AvgIpc) is 2.18. The zero-order chi connectivity index (χ0) is 13.1. The normalized spacial score (nSPS) is 26.9. The van der Waals surface area contributed by atoms with E-state index in [4.69, 9.17) is 10.5 Å². The number of morpholine rings is 1. The fourth-order valence-electron chi connectivity index (χ4n) is 1.88. The standard InChI is InChI=1S/C12H25N3O2/c1-9-8-17-10(5-13)6-15(9)7-11(16)14-12(2,3)4/h9-10H,5-8,13H2,1-4H3,(H,14,16). The predicted octanol–water partition coefficient (Wildman–Crippen LogP) is -0.0509. The Labute approximate surface area is 104 Å². The van der Waals surface area contributed by atoms with Crippen molar-refractivity contribution in [1.82, 2.24) is 10.2 Å². The molecule has 5 nitrogen and oxygen atoms in total. The van der Waals surface area contributed by atoms with Crippen LogP contribution in [0.25, 0.3) is 0 Å². The SMILES string of the molecule is CC1COC(CN)CN1CC(=O)NC(C)(C)C. The largest absolute Gasteiger partial charge is 0.374 e. The van der Waals surface area contributed by atoms with Crippen LogP contribution in [0.4, 0.5) is 0 Å². The lowest BCUT2D eigenvalue weighted by molar-refractivity contribution is -0.127. The minimum atomic E-state index is -0.181. The van der Waals surface area contributed by atoms with Crippen LogP contribution in [0.5, 0.6) is 0 Å². The van der Waals surface area contributed by atoms with E-state index in [-0.39, 0.29) is 23.6 Å². The third kappa shape index (κ3) is 5.02. The highest BCUT2D eigenvalue weighted by Gasteiger charge is 2.27. The van der Waals surface area contributed by atoms with E-state index in [0.29, 0.717) is 19.7 Å². The molecule has 0 saturated carbocycles. The summed E-state index contributed by atoms with van der Waals surface area (Å²) in [5.41, 5.74) is 5.41. The van der Waals surface area contributed by atoms with Crippen molar-refractivity contribution in [2.24, 2.45) is 5.73 Å². The first-order chi connectivity index (χ1) is 7.81. The van der Waals surface area contributed by atoms with E-state index in [9.17, 15) is 4.79 Å². The number of nitrogens with zero attached hydrogens (tertiary/aromatic N) is 1. The molecule has 5 heteroatoms. The highest BCUT2D eigenvalue weighted by atomic mass is 16.5. The van der Waals surface area contributed by atoms with E-state index >= 15 is 0 Å². The van der Waals surface area contributed by atoms with Crippen molar-refractivity contribution in [3.63, 3.8) is 0 Å². The Balaban J connectivity index is 2.46. The summed E-state index contributed by atoms with van der Waals surface area (Å²) in [5.74, 6) is 0.0574. The van der Waals surface area contributed by atoms with Crippen molar-refractivity contribution in [3.8, 4) is 0 Å². The first-order valence-corrected chi connectivity index (χ1v) is 6.18. The maximum absolute atomic E-state index is 11.8. The molecule has 1 fully saturated rings. The van der Waals surface area contributed by atoms with Crippen LogP contribution in [0, 0.1) is 0 Å². The molecule has 17 heavy (non-hydrogen) atoms. The van der Waals surface area contributed by atoms with Crippen LogP contribution in [0.15, 0.2) is 0 Å². The summed E-state index contributed by atoms with van der Waals surface area (Å²) in [6.07, 6.45) is 0.0497. The molecule has 3 N–H and O–H groups in total. The van der Waals surface area contributed by atoms with Gasteiger partial charge < -0.3 is 15.8 Å². The molecule has 0 spiro atoms. The molecular formula is C12H25N3O2. The van der Waals surface area contributed by atoms with Gasteiger partial charge in [0.15, 0.2) is 0 Å². The highest BCUT2D eigenvalue weighted by Crippen LogP contribution is 2.10. The Morgan fingerprint density at radius 2 is 2.18 bits per heavy atom. The smallest absolute Gasteiger partial charge is 0.234 e. The van der Waals surface area contributed by atoms with Crippen LogP contribution in [0.1, 0.15) is 27.7 Å². The van der Waals surface area contributed by atoms with E-state index in [2.05, 4.69) is 17.1 Å². The first kappa shape index (κ1) is 14.4. The maximum Gasteiger partial charge on any atom is 0.234 e. The Bertz CT molecular complexity index is 263. The number of hydrogen-bond acceptors (Lipinski definition) is 4. The van der Waals surface area contributed by atoms with Gasteiger partial charge in [-0.25, -0.2) is 0 Å². The van der Waals surface area contributed by atoms with E-state index in [1.165, 1.54) is 0 Å². The number of nitrogens with one attached hydrogen (secondary N) is 1. The fourth-order valence-corrected chi connectivity index (χ4v) is 1.88. The van der Waals surface area contributed by atoms with E-state index < -0.39 is 0 Å². The third-order valence-corrected chi connectivity index (χ3v) is 2.76.